The monoisotopic (exact) mass is 225 g/mol. The number of rotatable bonds is 5. The summed E-state index contributed by atoms with van der Waals surface area (Å²) < 4.78 is 0. The van der Waals surface area contributed by atoms with Gasteiger partial charge in [-0.2, -0.15) is 0 Å². The van der Waals surface area contributed by atoms with E-state index in [1.807, 2.05) is 17.8 Å². The fraction of sp³-hybridized carbons (Fsp3) is 0.500. The number of aryl methyl sites for hydroxylation is 1. The highest BCUT2D eigenvalue weighted by atomic mass is 32.2. The second-order valence-electron chi connectivity index (χ2n) is 3.91. The van der Waals surface area contributed by atoms with E-state index in [0.29, 0.717) is 0 Å². The van der Waals surface area contributed by atoms with Crippen LogP contribution in [0.1, 0.15) is 11.1 Å². The van der Waals surface area contributed by atoms with Crippen molar-refractivity contribution in [2.45, 2.75) is 18.4 Å². The molecule has 0 aliphatic heterocycles. The molecule has 0 fully saturated rings. The molecule has 0 saturated heterocycles. The summed E-state index contributed by atoms with van der Waals surface area (Å²) in [5.41, 5.74) is 2.25. The zero-order valence-electron chi connectivity index (χ0n) is 9.66. The van der Waals surface area contributed by atoms with E-state index >= 15 is 0 Å². The van der Waals surface area contributed by atoms with E-state index in [9.17, 15) is 0 Å². The predicted octanol–water partition coefficient (Wildman–Crippen LogP) is 2.14. The Kier molecular flexibility index (Phi) is 5.15. The van der Waals surface area contributed by atoms with Gasteiger partial charge in [-0.1, -0.05) is 12.1 Å². The predicted molar refractivity (Wildman–Crippen MR) is 66.4 cm³/mol. The fourth-order valence-corrected chi connectivity index (χ4v) is 2.44. The molecule has 3 heteroatoms. The first-order valence-electron chi connectivity index (χ1n) is 5.11. The van der Waals surface area contributed by atoms with Gasteiger partial charge < -0.3 is 10.0 Å². The third-order valence-corrected chi connectivity index (χ3v) is 3.37. The molecular formula is C12H19NOS. The summed E-state index contributed by atoms with van der Waals surface area (Å²) in [5, 5.41) is 8.99. The first kappa shape index (κ1) is 12.6. The van der Waals surface area contributed by atoms with Crippen molar-refractivity contribution in [2.24, 2.45) is 0 Å². The maximum atomic E-state index is 8.99. The van der Waals surface area contributed by atoms with Crippen molar-refractivity contribution in [1.29, 1.82) is 0 Å². The van der Waals surface area contributed by atoms with Crippen LogP contribution in [0.4, 0.5) is 0 Å². The molecule has 0 aliphatic carbocycles. The lowest BCUT2D eigenvalue weighted by atomic mass is 10.1. The summed E-state index contributed by atoms with van der Waals surface area (Å²) in [5.74, 6) is 1.10. The van der Waals surface area contributed by atoms with Crippen molar-refractivity contribution in [2.75, 3.05) is 26.4 Å². The number of benzene rings is 1. The van der Waals surface area contributed by atoms with E-state index in [-0.39, 0.29) is 6.61 Å². The Labute approximate surface area is 96.3 Å². The third-order valence-electron chi connectivity index (χ3n) is 2.22. The Morgan fingerprint density at radius 3 is 2.60 bits per heavy atom. The molecule has 0 saturated carbocycles. The second kappa shape index (κ2) is 6.16. The van der Waals surface area contributed by atoms with E-state index in [1.165, 1.54) is 10.5 Å². The summed E-state index contributed by atoms with van der Waals surface area (Å²) in [6.07, 6.45) is 0. The lowest BCUT2D eigenvalue weighted by molar-refractivity contribution is 0.281. The van der Waals surface area contributed by atoms with Gasteiger partial charge in [0, 0.05) is 17.2 Å². The Hall–Kier alpha value is -0.510. The van der Waals surface area contributed by atoms with Crippen LogP contribution >= 0.6 is 11.8 Å². The first-order valence-corrected chi connectivity index (χ1v) is 6.10. The summed E-state index contributed by atoms with van der Waals surface area (Å²) in [6.45, 7) is 3.31. The Morgan fingerprint density at radius 2 is 2.07 bits per heavy atom. The van der Waals surface area contributed by atoms with Crippen LogP contribution < -0.4 is 0 Å². The smallest absolute Gasteiger partial charge is 0.0681 e. The minimum atomic E-state index is 0.128. The molecule has 0 amide bonds. The lowest BCUT2D eigenvalue weighted by Crippen LogP contribution is -2.14. The molecule has 1 aromatic carbocycles. The highest BCUT2D eigenvalue weighted by molar-refractivity contribution is 7.99. The maximum Gasteiger partial charge on any atom is 0.0681 e. The van der Waals surface area contributed by atoms with Crippen molar-refractivity contribution in [3.63, 3.8) is 0 Å². The van der Waals surface area contributed by atoms with Crippen LogP contribution in [-0.4, -0.2) is 36.4 Å². The average molecular weight is 225 g/mol. The van der Waals surface area contributed by atoms with Crippen LogP contribution in [0.15, 0.2) is 23.1 Å². The molecule has 1 rings (SSSR count). The van der Waals surface area contributed by atoms with Gasteiger partial charge in [0.05, 0.1) is 6.61 Å². The Balaban J connectivity index is 2.54. The van der Waals surface area contributed by atoms with Gasteiger partial charge in [0.2, 0.25) is 0 Å². The van der Waals surface area contributed by atoms with Crippen LogP contribution in [0.2, 0.25) is 0 Å². The second-order valence-corrected chi connectivity index (χ2v) is 5.05. The average Bonchev–Trinajstić information content (AvgIpc) is 2.20. The summed E-state index contributed by atoms with van der Waals surface area (Å²) in [4.78, 5) is 3.50. The SMILES string of the molecule is Cc1cc(CO)ccc1SCCN(C)C. The van der Waals surface area contributed by atoms with E-state index in [1.54, 1.807) is 0 Å². The first-order chi connectivity index (χ1) is 7.13. The van der Waals surface area contributed by atoms with Gasteiger partial charge in [0.15, 0.2) is 0 Å². The molecule has 0 radical (unpaired) electrons. The van der Waals surface area contributed by atoms with Crippen molar-refractivity contribution < 1.29 is 5.11 Å². The normalized spacial score (nSPS) is 11.0. The van der Waals surface area contributed by atoms with Gasteiger partial charge in [-0.25, -0.2) is 0 Å². The molecule has 84 valence electrons. The molecule has 15 heavy (non-hydrogen) atoms. The topological polar surface area (TPSA) is 23.5 Å². The summed E-state index contributed by atoms with van der Waals surface area (Å²) in [7, 11) is 4.17. The minimum Gasteiger partial charge on any atom is -0.392 e. The van der Waals surface area contributed by atoms with Gasteiger partial charge in [-0.05, 0) is 38.2 Å². The molecule has 0 bridgehead atoms. The van der Waals surface area contributed by atoms with E-state index in [4.69, 9.17) is 5.11 Å². The molecule has 1 aromatic rings. The number of aliphatic hydroxyl groups excluding tert-OH is 1. The molecule has 0 heterocycles. The molecule has 0 atom stereocenters. The van der Waals surface area contributed by atoms with Gasteiger partial charge in [-0.3, -0.25) is 0 Å². The minimum absolute atomic E-state index is 0.128. The largest absolute Gasteiger partial charge is 0.392 e. The highest BCUT2D eigenvalue weighted by Crippen LogP contribution is 2.23. The highest BCUT2D eigenvalue weighted by Gasteiger charge is 2.00. The quantitative estimate of drug-likeness (QED) is 0.777. The number of thioether (sulfide) groups is 1. The third kappa shape index (κ3) is 4.24. The molecule has 0 spiro atoms. The molecular weight excluding hydrogens is 206 g/mol. The van der Waals surface area contributed by atoms with Crippen molar-refractivity contribution in [3.05, 3.63) is 29.3 Å². The fourth-order valence-electron chi connectivity index (χ4n) is 1.31. The van der Waals surface area contributed by atoms with Crippen LogP contribution in [-0.2, 0) is 6.61 Å². The Bertz CT molecular complexity index is 312. The van der Waals surface area contributed by atoms with Crippen LogP contribution in [0.25, 0.3) is 0 Å². The number of aliphatic hydroxyl groups is 1. The molecule has 1 N–H and O–H groups in total. The maximum absolute atomic E-state index is 8.99. The van der Waals surface area contributed by atoms with Crippen molar-refractivity contribution >= 4 is 11.8 Å². The molecule has 2 nitrogen and oxygen atoms in total. The van der Waals surface area contributed by atoms with Crippen LogP contribution in [0.5, 0.6) is 0 Å². The van der Waals surface area contributed by atoms with Crippen molar-refractivity contribution in [1.82, 2.24) is 4.90 Å². The zero-order valence-corrected chi connectivity index (χ0v) is 10.5. The number of hydrogen-bond donors (Lipinski definition) is 1. The summed E-state index contributed by atoms with van der Waals surface area (Å²) >= 11 is 1.87. The van der Waals surface area contributed by atoms with Gasteiger partial charge in [0.25, 0.3) is 0 Å². The Morgan fingerprint density at radius 1 is 1.33 bits per heavy atom. The van der Waals surface area contributed by atoms with E-state index in [2.05, 4.69) is 38.1 Å². The lowest BCUT2D eigenvalue weighted by Gasteiger charge is -2.10. The molecule has 0 aliphatic rings. The number of nitrogens with zero attached hydrogens (tertiary/aromatic N) is 1. The molecule has 0 unspecified atom stereocenters. The van der Waals surface area contributed by atoms with Gasteiger partial charge in [-0.15, -0.1) is 11.8 Å². The summed E-state index contributed by atoms with van der Waals surface area (Å²) in [6, 6.07) is 6.14. The van der Waals surface area contributed by atoms with E-state index < -0.39 is 0 Å². The van der Waals surface area contributed by atoms with Gasteiger partial charge >= 0.3 is 0 Å². The van der Waals surface area contributed by atoms with Crippen LogP contribution in [0, 0.1) is 6.92 Å². The standard InChI is InChI=1S/C12H19NOS/c1-10-8-11(9-14)4-5-12(10)15-7-6-13(2)3/h4-5,8,14H,6-7,9H2,1-3H3. The van der Waals surface area contributed by atoms with E-state index in [0.717, 1.165) is 17.9 Å². The van der Waals surface area contributed by atoms with Crippen LogP contribution in [0.3, 0.4) is 0 Å². The molecule has 0 aromatic heterocycles. The zero-order chi connectivity index (χ0) is 11.3. The number of hydrogen-bond acceptors (Lipinski definition) is 3. The van der Waals surface area contributed by atoms with Crippen molar-refractivity contribution in [3.8, 4) is 0 Å². The van der Waals surface area contributed by atoms with Gasteiger partial charge in [0.1, 0.15) is 0 Å².